The molecule has 4 heteroatoms. The van der Waals surface area contributed by atoms with Gasteiger partial charge in [0.05, 0.1) is 5.02 Å². The van der Waals surface area contributed by atoms with Crippen LogP contribution in [0.1, 0.15) is 0 Å². The minimum atomic E-state index is 0.694. The molecule has 0 aliphatic rings. The van der Waals surface area contributed by atoms with Crippen LogP contribution in [0.5, 0.6) is 0 Å². The number of aromatic nitrogens is 1. The maximum atomic E-state index is 5.92. The fourth-order valence-electron chi connectivity index (χ4n) is 0.693. The zero-order valence-electron chi connectivity index (χ0n) is 7.03. The van der Waals surface area contributed by atoms with Crippen LogP contribution < -0.4 is 0 Å². The van der Waals surface area contributed by atoms with Crippen LogP contribution in [0, 0.1) is 0 Å². The molecule has 0 saturated heterocycles. The second kappa shape index (κ2) is 5.58. The van der Waals surface area contributed by atoms with Gasteiger partial charge in [0.1, 0.15) is 5.03 Å². The summed E-state index contributed by atoms with van der Waals surface area (Å²) in [7, 11) is 0. The van der Waals surface area contributed by atoms with Crippen molar-refractivity contribution >= 4 is 36.0 Å². The van der Waals surface area contributed by atoms with Crippen molar-refractivity contribution in [3.63, 3.8) is 0 Å². The summed E-state index contributed by atoms with van der Waals surface area (Å²) in [4.78, 5) is 4.15. The molecule has 0 bridgehead atoms. The second-order valence-corrected chi connectivity index (χ2v) is 4.17. The molecule has 13 heavy (non-hydrogen) atoms. The van der Waals surface area contributed by atoms with Crippen molar-refractivity contribution in [3.05, 3.63) is 35.5 Å². The van der Waals surface area contributed by atoms with Crippen LogP contribution in [0.4, 0.5) is 0 Å². The van der Waals surface area contributed by atoms with E-state index in [9.17, 15) is 0 Å². The van der Waals surface area contributed by atoms with Crippen LogP contribution >= 0.6 is 36.0 Å². The minimum Gasteiger partial charge on any atom is -0.248 e. The Morgan fingerprint density at radius 1 is 1.69 bits per heavy atom. The molecule has 0 N–H and O–H groups in total. The lowest BCUT2D eigenvalue weighted by Gasteiger charge is -2.02. The van der Waals surface area contributed by atoms with E-state index in [0.717, 1.165) is 16.4 Å². The summed E-state index contributed by atoms with van der Waals surface area (Å²) in [5.74, 6) is 1.53. The van der Waals surface area contributed by atoms with E-state index in [-0.39, 0.29) is 0 Å². The van der Waals surface area contributed by atoms with Gasteiger partial charge >= 0.3 is 0 Å². The fourth-order valence-corrected chi connectivity index (χ4v) is 2.03. The summed E-state index contributed by atoms with van der Waals surface area (Å²) in [6.07, 6.45) is 1.73. The SMILES string of the molecule is C=C(CS)CSc1ncccc1Cl. The first-order valence-corrected chi connectivity index (χ1v) is 5.74. The highest BCUT2D eigenvalue weighted by Gasteiger charge is 2.01. The Morgan fingerprint density at radius 3 is 3.08 bits per heavy atom. The largest absolute Gasteiger partial charge is 0.248 e. The van der Waals surface area contributed by atoms with E-state index < -0.39 is 0 Å². The summed E-state index contributed by atoms with van der Waals surface area (Å²) in [6.45, 7) is 3.85. The predicted molar refractivity (Wildman–Crippen MR) is 63.0 cm³/mol. The quantitative estimate of drug-likeness (QED) is 0.485. The van der Waals surface area contributed by atoms with Gasteiger partial charge in [-0.15, -0.1) is 11.8 Å². The van der Waals surface area contributed by atoms with E-state index in [4.69, 9.17) is 11.6 Å². The molecule has 1 aromatic heterocycles. The molecule has 0 aromatic carbocycles. The first kappa shape index (κ1) is 11.0. The van der Waals surface area contributed by atoms with Crippen LogP contribution in [0.25, 0.3) is 0 Å². The van der Waals surface area contributed by atoms with E-state index in [1.165, 1.54) is 0 Å². The molecular weight excluding hydrogens is 222 g/mol. The minimum absolute atomic E-state index is 0.694. The number of hydrogen-bond acceptors (Lipinski definition) is 3. The third-order valence-electron chi connectivity index (χ3n) is 1.36. The number of thioether (sulfide) groups is 1. The predicted octanol–water partition coefficient (Wildman–Crippen LogP) is 3.31. The van der Waals surface area contributed by atoms with Gasteiger partial charge < -0.3 is 0 Å². The Bertz CT molecular complexity index is 301. The first-order valence-electron chi connectivity index (χ1n) is 3.75. The molecule has 1 heterocycles. The van der Waals surface area contributed by atoms with Gasteiger partial charge in [0, 0.05) is 17.7 Å². The Hall–Kier alpha value is -0.120. The molecule has 1 nitrogen and oxygen atoms in total. The monoisotopic (exact) mass is 231 g/mol. The van der Waals surface area contributed by atoms with E-state index >= 15 is 0 Å². The Labute approximate surface area is 93.0 Å². The Balaban J connectivity index is 2.54. The zero-order chi connectivity index (χ0) is 9.68. The third kappa shape index (κ3) is 3.63. The standard InChI is InChI=1S/C9H10ClNS2/c1-7(5-12)6-13-9-8(10)3-2-4-11-9/h2-4,12H,1,5-6H2. The summed E-state index contributed by atoms with van der Waals surface area (Å²) in [6, 6.07) is 3.65. The Morgan fingerprint density at radius 2 is 2.46 bits per heavy atom. The van der Waals surface area contributed by atoms with E-state index in [1.54, 1.807) is 18.0 Å². The topological polar surface area (TPSA) is 12.9 Å². The molecule has 0 fully saturated rings. The number of thiol groups is 1. The molecule has 1 aromatic rings. The van der Waals surface area contributed by atoms with Crippen LogP contribution in [0.2, 0.25) is 5.02 Å². The van der Waals surface area contributed by atoms with Crippen molar-refractivity contribution in [2.45, 2.75) is 5.03 Å². The van der Waals surface area contributed by atoms with Crippen molar-refractivity contribution in [2.75, 3.05) is 11.5 Å². The van der Waals surface area contributed by atoms with Gasteiger partial charge in [0.25, 0.3) is 0 Å². The lowest BCUT2D eigenvalue weighted by molar-refractivity contribution is 1.13. The number of halogens is 1. The van der Waals surface area contributed by atoms with Gasteiger partial charge in [-0.2, -0.15) is 12.6 Å². The van der Waals surface area contributed by atoms with Gasteiger partial charge in [-0.25, -0.2) is 4.98 Å². The number of hydrogen-bond donors (Lipinski definition) is 1. The van der Waals surface area contributed by atoms with E-state index in [1.807, 2.05) is 12.1 Å². The van der Waals surface area contributed by atoms with Gasteiger partial charge in [0.2, 0.25) is 0 Å². The van der Waals surface area contributed by atoms with Gasteiger partial charge in [0.15, 0.2) is 0 Å². The lowest BCUT2D eigenvalue weighted by Crippen LogP contribution is -1.88. The van der Waals surface area contributed by atoms with Gasteiger partial charge in [-0.3, -0.25) is 0 Å². The fraction of sp³-hybridized carbons (Fsp3) is 0.222. The van der Waals surface area contributed by atoms with Crippen LogP contribution in [0.3, 0.4) is 0 Å². The number of pyridine rings is 1. The maximum absolute atomic E-state index is 5.92. The van der Waals surface area contributed by atoms with E-state index in [2.05, 4.69) is 24.2 Å². The molecular formula is C9H10ClNS2. The third-order valence-corrected chi connectivity index (χ3v) is 3.38. The van der Waals surface area contributed by atoms with Crippen molar-refractivity contribution in [1.29, 1.82) is 0 Å². The smallest absolute Gasteiger partial charge is 0.115 e. The van der Waals surface area contributed by atoms with Crippen LogP contribution in [-0.2, 0) is 0 Å². The summed E-state index contributed by atoms with van der Waals surface area (Å²) < 4.78 is 0. The summed E-state index contributed by atoms with van der Waals surface area (Å²) in [5.41, 5.74) is 1.08. The van der Waals surface area contributed by atoms with Gasteiger partial charge in [-0.05, 0) is 12.1 Å². The first-order chi connectivity index (χ1) is 6.24. The molecule has 1 rings (SSSR count). The zero-order valence-corrected chi connectivity index (χ0v) is 9.50. The molecule has 0 aliphatic carbocycles. The van der Waals surface area contributed by atoms with E-state index in [0.29, 0.717) is 10.8 Å². The molecule has 0 spiro atoms. The normalized spacial score (nSPS) is 10.0. The highest BCUT2D eigenvalue weighted by atomic mass is 35.5. The molecule has 70 valence electrons. The molecule has 0 unspecified atom stereocenters. The Kier molecular flexibility index (Phi) is 4.70. The van der Waals surface area contributed by atoms with Crippen molar-refractivity contribution in [2.24, 2.45) is 0 Å². The molecule has 0 saturated carbocycles. The van der Waals surface area contributed by atoms with Crippen molar-refractivity contribution in [3.8, 4) is 0 Å². The average Bonchev–Trinajstić information content (AvgIpc) is 2.16. The molecule has 0 radical (unpaired) electrons. The summed E-state index contributed by atoms with van der Waals surface area (Å²) >= 11 is 11.6. The maximum Gasteiger partial charge on any atom is 0.115 e. The van der Waals surface area contributed by atoms with Gasteiger partial charge in [-0.1, -0.05) is 23.8 Å². The van der Waals surface area contributed by atoms with Crippen LogP contribution in [-0.4, -0.2) is 16.5 Å². The van der Waals surface area contributed by atoms with Crippen molar-refractivity contribution in [1.82, 2.24) is 4.98 Å². The van der Waals surface area contributed by atoms with Crippen LogP contribution in [0.15, 0.2) is 35.5 Å². The number of rotatable bonds is 4. The summed E-state index contributed by atoms with van der Waals surface area (Å²) in [5, 5.41) is 1.55. The molecule has 0 amide bonds. The van der Waals surface area contributed by atoms with Crippen molar-refractivity contribution < 1.29 is 0 Å². The molecule has 0 atom stereocenters. The number of nitrogens with zero attached hydrogens (tertiary/aromatic N) is 1. The highest BCUT2D eigenvalue weighted by Crippen LogP contribution is 2.25. The average molecular weight is 232 g/mol. The highest BCUT2D eigenvalue weighted by molar-refractivity contribution is 7.99. The lowest BCUT2D eigenvalue weighted by atomic mass is 10.4. The molecule has 0 aliphatic heterocycles. The second-order valence-electron chi connectivity index (χ2n) is 2.49.